The molecule has 8 nitrogen and oxygen atoms in total. The molecule has 0 saturated heterocycles. The highest BCUT2D eigenvalue weighted by molar-refractivity contribution is 8.01. The molecule has 0 saturated carbocycles. The normalized spacial score (nSPS) is 10.6. The molecule has 2 amide bonds. The second-order valence-corrected chi connectivity index (χ2v) is 7.23. The molecule has 0 radical (unpaired) electrons. The van der Waals surface area contributed by atoms with E-state index in [1.807, 2.05) is 30.3 Å². The SMILES string of the molecule is Cc1nc(NC(=O)c2cn(-c3ccccc3)nn2)sc1SCC(N)=O. The summed E-state index contributed by atoms with van der Waals surface area (Å²) in [6, 6.07) is 9.37. The van der Waals surface area contributed by atoms with Gasteiger partial charge in [-0.15, -0.1) is 16.9 Å². The number of hydrogen-bond acceptors (Lipinski definition) is 7. The number of nitrogens with one attached hydrogen (secondary N) is 1. The van der Waals surface area contributed by atoms with Crippen molar-refractivity contribution in [2.75, 3.05) is 11.1 Å². The number of thioether (sulfide) groups is 1. The molecule has 3 aromatic rings. The summed E-state index contributed by atoms with van der Waals surface area (Å²) in [7, 11) is 0. The van der Waals surface area contributed by atoms with Crippen LogP contribution in [-0.2, 0) is 4.79 Å². The Kier molecular flexibility index (Phi) is 5.10. The molecular weight excluding hydrogens is 360 g/mol. The predicted molar refractivity (Wildman–Crippen MR) is 96.1 cm³/mol. The van der Waals surface area contributed by atoms with Gasteiger partial charge >= 0.3 is 0 Å². The third kappa shape index (κ3) is 4.22. The van der Waals surface area contributed by atoms with E-state index in [1.54, 1.807) is 13.1 Å². The lowest BCUT2D eigenvalue weighted by molar-refractivity contribution is -0.115. The molecule has 0 fully saturated rings. The van der Waals surface area contributed by atoms with Crippen LogP contribution in [0.4, 0.5) is 5.13 Å². The van der Waals surface area contributed by atoms with E-state index in [9.17, 15) is 9.59 Å². The lowest BCUT2D eigenvalue weighted by atomic mass is 10.3. The Bertz CT molecular complexity index is 906. The maximum atomic E-state index is 12.3. The van der Waals surface area contributed by atoms with Crippen molar-refractivity contribution in [3.05, 3.63) is 47.9 Å². The Morgan fingerprint density at radius 2 is 2.08 bits per heavy atom. The number of primary amides is 1. The topological polar surface area (TPSA) is 116 Å². The number of nitrogens with two attached hydrogens (primary N) is 1. The number of thiazole rings is 1. The largest absolute Gasteiger partial charge is 0.369 e. The van der Waals surface area contributed by atoms with E-state index in [1.165, 1.54) is 27.8 Å². The molecule has 25 heavy (non-hydrogen) atoms. The van der Waals surface area contributed by atoms with Crippen molar-refractivity contribution in [1.82, 2.24) is 20.0 Å². The molecule has 3 N–H and O–H groups in total. The van der Waals surface area contributed by atoms with E-state index in [2.05, 4.69) is 20.6 Å². The van der Waals surface area contributed by atoms with Gasteiger partial charge in [-0.3, -0.25) is 14.9 Å². The molecule has 0 bridgehead atoms. The van der Waals surface area contributed by atoms with Crippen LogP contribution in [0.25, 0.3) is 5.69 Å². The average molecular weight is 374 g/mol. The van der Waals surface area contributed by atoms with Crippen molar-refractivity contribution in [2.45, 2.75) is 11.1 Å². The number of para-hydroxylation sites is 1. The smallest absolute Gasteiger partial charge is 0.279 e. The number of anilines is 1. The molecule has 10 heteroatoms. The van der Waals surface area contributed by atoms with Gasteiger partial charge in [0.15, 0.2) is 10.8 Å². The van der Waals surface area contributed by atoms with Crippen molar-refractivity contribution < 1.29 is 9.59 Å². The van der Waals surface area contributed by atoms with Crippen molar-refractivity contribution in [3.8, 4) is 5.69 Å². The lowest BCUT2D eigenvalue weighted by Gasteiger charge is -1.98. The lowest BCUT2D eigenvalue weighted by Crippen LogP contribution is -2.12. The molecule has 2 aromatic heterocycles. The molecule has 0 aliphatic carbocycles. The highest BCUT2D eigenvalue weighted by atomic mass is 32.2. The fourth-order valence-electron chi connectivity index (χ4n) is 1.94. The highest BCUT2D eigenvalue weighted by Gasteiger charge is 2.15. The minimum absolute atomic E-state index is 0.168. The zero-order chi connectivity index (χ0) is 17.8. The fraction of sp³-hybridized carbons (Fsp3) is 0.133. The molecule has 0 atom stereocenters. The zero-order valence-corrected chi connectivity index (χ0v) is 14.8. The van der Waals surface area contributed by atoms with Crippen LogP contribution in [0.2, 0.25) is 0 Å². The van der Waals surface area contributed by atoms with Gasteiger partial charge in [0.05, 0.1) is 27.5 Å². The molecule has 2 heterocycles. The van der Waals surface area contributed by atoms with Crippen LogP contribution in [-0.4, -0.2) is 37.5 Å². The Balaban J connectivity index is 1.70. The number of amides is 2. The van der Waals surface area contributed by atoms with E-state index in [0.717, 1.165) is 15.6 Å². The van der Waals surface area contributed by atoms with E-state index in [-0.39, 0.29) is 11.4 Å². The molecular formula is C15H14N6O2S2. The number of aromatic nitrogens is 4. The van der Waals surface area contributed by atoms with Gasteiger partial charge in [-0.25, -0.2) is 9.67 Å². The summed E-state index contributed by atoms with van der Waals surface area (Å²) in [5.41, 5.74) is 6.87. The van der Waals surface area contributed by atoms with Crippen LogP contribution in [0, 0.1) is 6.92 Å². The summed E-state index contributed by atoms with van der Waals surface area (Å²) in [6.07, 6.45) is 1.55. The first-order valence-electron chi connectivity index (χ1n) is 7.20. The summed E-state index contributed by atoms with van der Waals surface area (Å²) in [4.78, 5) is 27.5. The van der Waals surface area contributed by atoms with E-state index in [4.69, 9.17) is 5.73 Å². The van der Waals surface area contributed by atoms with Crippen LogP contribution < -0.4 is 11.1 Å². The fourth-order valence-corrected chi connectivity index (χ4v) is 3.81. The third-order valence-electron chi connectivity index (χ3n) is 3.07. The predicted octanol–water partition coefficient (Wildman–Crippen LogP) is 1.86. The van der Waals surface area contributed by atoms with Gasteiger partial charge in [0, 0.05) is 0 Å². The van der Waals surface area contributed by atoms with Gasteiger partial charge in [0.25, 0.3) is 5.91 Å². The van der Waals surface area contributed by atoms with Crippen LogP contribution >= 0.6 is 23.1 Å². The second kappa shape index (κ2) is 7.45. The monoisotopic (exact) mass is 374 g/mol. The van der Waals surface area contributed by atoms with E-state index < -0.39 is 11.8 Å². The summed E-state index contributed by atoms with van der Waals surface area (Å²) < 4.78 is 2.36. The van der Waals surface area contributed by atoms with Gasteiger partial charge in [-0.2, -0.15) is 0 Å². The maximum absolute atomic E-state index is 12.3. The molecule has 3 rings (SSSR count). The third-order valence-corrected chi connectivity index (χ3v) is 5.52. The highest BCUT2D eigenvalue weighted by Crippen LogP contribution is 2.31. The van der Waals surface area contributed by atoms with Crippen molar-refractivity contribution in [2.24, 2.45) is 5.73 Å². The molecule has 1 aromatic carbocycles. The molecule has 0 aliphatic heterocycles. The average Bonchev–Trinajstić information content (AvgIpc) is 3.21. The summed E-state index contributed by atoms with van der Waals surface area (Å²) in [5.74, 6) is -0.634. The number of hydrogen-bond donors (Lipinski definition) is 2. The Morgan fingerprint density at radius 3 is 2.80 bits per heavy atom. The first-order valence-corrected chi connectivity index (χ1v) is 9.01. The van der Waals surface area contributed by atoms with Gasteiger partial charge in [0.1, 0.15) is 0 Å². The van der Waals surface area contributed by atoms with Gasteiger partial charge < -0.3 is 5.73 Å². The van der Waals surface area contributed by atoms with Crippen molar-refractivity contribution in [3.63, 3.8) is 0 Å². The van der Waals surface area contributed by atoms with E-state index in [0.29, 0.717) is 5.13 Å². The molecule has 0 spiro atoms. The van der Waals surface area contributed by atoms with E-state index >= 15 is 0 Å². The summed E-state index contributed by atoms with van der Waals surface area (Å²) in [6.45, 7) is 1.81. The van der Waals surface area contributed by atoms with Gasteiger partial charge in [-0.05, 0) is 19.1 Å². The quantitative estimate of drug-likeness (QED) is 0.636. The van der Waals surface area contributed by atoms with Crippen LogP contribution in [0.15, 0.2) is 40.7 Å². The number of aryl methyl sites for hydroxylation is 1. The number of nitrogens with zero attached hydrogens (tertiary/aromatic N) is 4. The minimum atomic E-state index is -0.402. The Hall–Kier alpha value is -2.72. The first kappa shape index (κ1) is 17.1. The van der Waals surface area contributed by atoms with Gasteiger partial charge in [-0.1, -0.05) is 34.7 Å². The maximum Gasteiger partial charge on any atom is 0.279 e. The van der Waals surface area contributed by atoms with Crippen LogP contribution in [0.3, 0.4) is 0 Å². The van der Waals surface area contributed by atoms with Crippen LogP contribution in [0.5, 0.6) is 0 Å². The second-order valence-electron chi connectivity index (χ2n) is 4.98. The Labute approximate surface area is 151 Å². The molecule has 0 unspecified atom stereocenters. The number of carbonyl (C=O) groups is 2. The molecule has 128 valence electrons. The first-order chi connectivity index (χ1) is 12.0. The van der Waals surface area contributed by atoms with Gasteiger partial charge in [0.2, 0.25) is 5.91 Å². The number of carbonyl (C=O) groups excluding carboxylic acids is 2. The van der Waals surface area contributed by atoms with Crippen molar-refractivity contribution in [1.29, 1.82) is 0 Å². The zero-order valence-electron chi connectivity index (χ0n) is 13.2. The standard InChI is InChI=1S/C15H14N6O2S2/c1-9-14(24-8-12(16)22)25-15(17-9)18-13(23)11-7-21(20-19-11)10-5-3-2-4-6-10/h2-7H,8H2,1H3,(H2,16,22)(H,17,18,23). The Morgan fingerprint density at radius 1 is 1.32 bits per heavy atom. The minimum Gasteiger partial charge on any atom is -0.369 e. The molecule has 0 aliphatic rings. The summed E-state index contributed by atoms with van der Waals surface area (Å²) >= 11 is 2.58. The van der Waals surface area contributed by atoms with Crippen LogP contribution in [0.1, 0.15) is 16.2 Å². The summed E-state index contributed by atoms with van der Waals surface area (Å²) in [5, 5.41) is 11.0. The number of rotatable bonds is 6. The van der Waals surface area contributed by atoms with Crippen molar-refractivity contribution >= 4 is 40.0 Å². The number of benzene rings is 1.